The minimum absolute atomic E-state index is 0.00643. The monoisotopic (exact) mass is 576 g/mol. The van der Waals surface area contributed by atoms with E-state index in [1.54, 1.807) is 0 Å². The van der Waals surface area contributed by atoms with Crippen molar-refractivity contribution in [1.82, 2.24) is 9.80 Å². The molecule has 6 aliphatic rings. The Morgan fingerprint density at radius 1 is 0.786 bits per heavy atom. The van der Waals surface area contributed by atoms with E-state index >= 15 is 0 Å². The molecule has 0 aromatic heterocycles. The number of aliphatic hydroxyl groups excluding tert-OH is 4. The van der Waals surface area contributed by atoms with Crippen LogP contribution in [0, 0.1) is 0 Å². The number of nitrogens with zero attached hydrogens (tertiary/aromatic N) is 2. The van der Waals surface area contributed by atoms with Gasteiger partial charge >= 0.3 is 0 Å². The van der Waals surface area contributed by atoms with Crippen molar-refractivity contribution in [2.24, 2.45) is 0 Å². The second-order valence-corrected chi connectivity index (χ2v) is 13.5. The molecule has 4 aliphatic heterocycles. The van der Waals surface area contributed by atoms with Crippen molar-refractivity contribution in [2.45, 2.75) is 100 Å². The maximum Gasteiger partial charge on any atom is 0.129 e. The number of rotatable bonds is 2. The molecule has 1 saturated carbocycles. The Morgan fingerprint density at radius 3 is 2.10 bits per heavy atom. The normalized spacial score (nSPS) is 34.4. The van der Waals surface area contributed by atoms with E-state index in [9.17, 15) is 20.4 Å². The van der Waals surface area contributed by atoms with Crippen LogP contribution >= 0.6 is 0 Å². The number of hydrogen-bond donors (Lipinski definition) is 4. The van der Waals surface area contributed by atoms with Gasteiger partial charge in [0.15, 0.2) is 0 Å². The molecular formula is C34H44N2O6. The average Bonchev–Trinajstić information content (AvgIpc) is 3.38. The number of hydrogen-bond acceptors (Lipinski definition) is 8. The quantitative estimate of drug-likeness (QED) is 0.405. The maximum absolute atomic E-state index is 10.0. The predicted molar refractivity (Wildman–Crippen MR) is 158 cm³/mol. The van der Waals surface area contributed by atoms with Gasteiger partial charge < -0.3 is 39.7 Å². The Labute approximate surface area is 248 Å². The molecular weight excluding hydrogens is 532 g/mol. The highest BCUT2D eigenvalue weighted by Gasteiger charge is 2.54. The van der Waals surface area contributed by atoms with Gasteiger partial charge in [-0.25, -0.2) is 0 Å². The first-order chi connectivity index (χ1) is 20.3. The zero-order chi connectivity index (χ0) is 29.2. The Morgan fingerprint density at radius 2 is 1.40 bits per heavy atom. The van der Waals surface area contributed by atoms with E-state index in [2.05, 4.69) is 42.1 Å². The second-order valence-electron chi connectivity index (χ2n) is 13.5. The first kappa shape index (κ1) is 28.3. The summed E-state index contributed by atoms with van der Waals surface area (Å²) in [5.74, 6) is 1.76. The minimum Gasteiger partial charge on any atom is -0.489 e. The van der Waals surface area contributed by atoms with Gasteiger partial charge in [0.1, 0.15) is 23.7 Å². The van der Waals surface area contributed by atoms with E-state index < -0.39 is 6.10 Å². The molecule has 4 heterocycles. The highest BCUT2D eigenvalue weighted by atomic mass is 16.5. The van der Waals surface area contributed by atoms with Crippen molar-refractivity contribution in [2.75, 3.05) is 27.2 Å². The van der Waals surface area contributed by atoms with Gasteiger partial charge in [-0.2, -0.15) is 0 Å². The van der Waals surface area contributed by atoms with Crippen LogP contribution in [0.15, 0.2) is 36.4 Å². The Hall–Kier alpha value is -2.46. The van der Waals surface area contributed by atoms with Crippen LogP contribution in [-0.4, -0.2) is 81.8 Å². The minimum atomic E-state index is -0.433. The predicted octanol–water partition coefficient (Wildman–Crippen LogP) is 2.89. The molecule has 226 valence electrons. The van der Waals surface area contributed by atoms with E-state index in [0.29, 0.717) is 12.8 Å². The van der Waals surface area contributed by atoms with Crippen molar-refractivity contribution in [1.29, 1.82) is 0 Å². The molecule has 2 spiro atoms. The summed E-state index contributed by atoms with van der Waals surface area (Å²) in [6, 6.07) is 8.25. The zero-order valence-electron chi connectivity index (χ0n) is 24.8. The summed E-state index contributed by atoms with van der Waals surface area (Å²) < 4.78 is 12.5. The fourth-order valence-electron chi connectivity index (χ4n) is 8.66. The molecule has 2 aromatic carbocycles. The number of benzene rings is 2. The summed E-state index contributed by atoms with van der Waals surface area (Å²) in [6.07, 6.45) is 8.67. The Kier molecular flexibility index (Phi) is 7.16. The summed E-state index contributed by atoms with van der Waals surface area (Å²) in [7, 11) is 4.30. The van der Waals surface area contributed by atoms with Gasteiger partial charge in [-0.15, -0.1) is 0 Å². The topological polar surface area (TPSA) is 106 Å². The molecule has 2 aromatic rings. The van der Waals surface area contributed by atoms with Crippen LogP contribution in [0.25, 0.3) is 0 Å². The molecule has 4 N–H and O–H groups in total. The van der Waals surface area contributed by atoms with E-state index in [0.717, 1.165) is 74.5 Å². The second kappa shape index (κ2) is 10.6. The summed E-state index contributed by atoms with van der Waals surface area (Å²) in [6.45, 7) is 3.91. The van der Waals surface area contributed by atoms with E-state index in [-0.39, 0.29) is 42.4 Å². The largest absolute Gasteiger partial charge is 0.489 e. The highest BCUT2D eigenvalue weighted by Crippen LogP contribution is 2.56. The van der Waals surface area contributed by atoms with Gasteiger partial charge in [0.2, 0.25) is 0 Å². The van der Waals surface area contributed by atoms with Crippen molar-refractivity contribution in [3.8, 4) is 11.5 Å². The third-order valence-corrected chi connectivity index (χ3v) is 10.9. The maximum atomic E-state index is 10.0. The highest BCUT2D eigenvalue weighted by molar-refractivity contribution is 5.58. The molecule has 1 fully saturated rings. The van der Waals surface area contributed by atoms with Gasteiger partial charge in [0.05, 0.1) is 30.8 Å². The van der Waals surface area contributed by atoms with E-state index in [1.165, 1.54) is 22.3 Å². The van der Waals surface area contributed by atoms with E-state index in [1.807, 2.05) is 18.2 Å². The first-order valence-corrected chi connectivity index (χ1v) is 15.6. The van der Waals surface area contributed by atoms with Crippen LogP contribution in [0.5, 0.6) is 11.5 Å². The molecule has 8 heteroatoms. The molecule has 42 heavy (non-hydrogen) atoms. The lowest BCUT2D eigenvalue weighted by molar-refractivity contribution is 0.0121. The average molecular weight is 577 g/mol. The fraction of sp³-hybridized carbons (Fsp3) is 0.588. The fourth-order valence-corrected chi connectivity index (χ4v) is 8.66. The Balaban J connectivity index is 0.000000137. The molecule has 6 unspecified atom stereocenters. The molecule has 8 rings (SSSR count). The van der Waals surface area contributed by atoms with Gasteiger partial charge in [0.25, 0.3) is 0 Å². The van der Waals surface area contributed by atoms with Crippen LogP contribution < -0.4 is 9.47 Å². The lowest BCUT2D eigenvalue weighted by Crippen LogP contribution is -2.45. The van der Waals surface area contributed by atoms with Crippen molar-refractivity contribution >= 4 is 0 Å². The molecule has 6 atom stereocenters. The summed E-state index contributed by atoms with van der Waals surface area (Å²) in [5.41, 5.74) is 6.84. The van der Waals surface area contributed by atoms with Gasteiger partial charge in [-0.05, 0) is 64.0 Å². The zero-order valence-corrected chi connectivity index (χ0v) is 24.8. The van der Waals surface area contributed by atoms with E-state index in [4.69, 9.17) is 9.47 Å². The smallest absolute Gasteiger partial charge is 0.129 e. The molecule has 0 radical (unpaired) electrons. The lowest BCUT2D eigenvalue weighted by Gasteiger charge is -2.40. The summed E-state index contributed by atoms with van der Waals surface area (Å²) >= 11 is 0. The van der Waals surface area contributed by atoms with Gasteiger partial charge in [-0.3, -0.25) is 0 Å². The first-order valence-electron chi connectivity index (χ1n) is 15.6. The van der Waals surface area contributed by atoms with Gasteiger partial charge in [0, 0.05) is 53.6 Å². The van der Waals surface area contributed by atoms with Crippen LogP contribution in [0.3, 0.4) is 0 Å². The van der Waals surface area contributed by atoms with Crippen molar-refractivity contribution in [3.05, 3.63) is 69.8 Å². The third-order valence-electron chi connectivity index (χ3n) is 10.9. The Bertz CT molecular complexity index is 1390. The molecule has 0 amide bonds. The SMILES string of the molecule is CN1CCC23C=CC(O)CC2Oc2c(CO)ccc(c23)C1.CN1CCC23CCC(O)CC2Oc2c(CO)ccc(c23)C1. The van der Waals surface area contributed by atoms with Crippen LogP contribution in [0.1, 0.15) is 71.9 Å². The van der Waals surface area contributed by atoms with Crippen LogP contribution in [0.2, 0.25) is 0 Å². The van der Waals surface area contributed by atoms with Crippen LogP contribution in [0.4, 0.5) is 0 Å². The standard InChI is InChI=1S/C17H23NO3.C17H21NO3/c2*1-18-7-6-17-5-4-13(20)8-14(17)21-16-12(10-19)3-2-11(9-18)15(16)17/h2-3,13-14,19-20H,4-10H2,1H3;2-5,13-14,19-20H,6-10H2,1H3. The summed E-state index contributed by atoms with van der Waals surface area (Å²) in [5, 5.41) is 39.2. The number of aliphatic hydroxyl groups is 4. The van der Waals surface area contributed by atoms with Gasteiger partial charge in [-0.1, -0.05) is 36.4 Å². The lowest BCUT2D eigenvalue weighted by atomic mass is 9.65. The molecule has 0 bridgehead atoms. The summed E-state index contributed by atoms with van der Waals surface area (Å²) in [4.78, 5) is 4.70. The van der Waals surface area contributed by atoms with Crippen LogP contribution in [-0.2, 0) is 37.1 Å². The molecule has 2 aliphatic carbocycles. The molecule has 8 nitrogen and oxygen atoms in total. The molecule has 0 saturated heterocycles. The third kappa shape index (κ3) is 4.33. The van der Waals surface area contributed by atoms with Crippen molar-refractivity contribution in [3.63, 3.8) is 0 Å². The van der Waals surface area contributed by atoms with Crippen molar-refractivity contribution < 1.29 is 29.9 Å². The number of ether oxygens (including phenoxy) is 2.